The van der Waals surface area contributed by atoms with E-state index in [2.05, 4.69) is 21.8 Å². The molecule has 0 amide bonds. The summed E-state index contributed by atoms with van der Waals surface area (Å²) in [6.07, 6.45) is 0. The first-order valence-corrected chi connectivity index (χ1v) is 7.13. The standard InChI is InChI=1S/C16H19N3O2/c1-11-4-3-5-12-10-13(16(20)21)15(17-14(11)12)19-8-6-18(2)7-9-19/h3-5,10H,6-9H2,1-2H3,(H,20,21). The van der Waals surface area contributed by atoms with Crippen LogP contribution < -0.4 is 4.90 Å². The number of pyridine rings is 1. The Hall–Kier alpha value is -2.14. The van der Waals surface area contributed by atoms with E-state index in [1.807, 2.05) is 25.1 Å². The third-order valence-electron chi connectivity index (χ3n) is 4.06. The Balaban J connectivity index is 2.12. The Morgan fingerprint density at radius 1 is 1.24 bits per heavy atom. The Morgan fingerprint density at radius 2 is 1.95 bits per heavy atom. The molecule has 1 aromatic heterocycles. The van der Waals surface area contributed by atoms with E-state index in [-0.39, 0.29) is 5.56 Å². The molecule has 1 fully saturated rings. The molecular formula is C16H19N3O2. The van der Waals surface area contributed by atoms with Gasteiger partial charge in [0.2, 0.25) is 0 Å². The van der Waals surface area contributed by atoms with E-state index in [4.69, 9.17) is 0 Å². The van der Waals surface area contributed by atoms with Crippen molar-refractivity contribution in [2.24, 2.45) is 0 Å². The van der Waals surface area contributed by atoms with Gasteiger partial charge in [0.05, 0.1) is 5.52 Å². The number of hydrogen-bond donors (Lipinski definition) is 1. The van der Waals surface area contributed by atoms with Crippen LogP contribution in [0.15, 0.2) is 24.3 Å². The predicted molar refractivity (Wildman–Crippen MR) is 83.1 cm³/mol. The average Bonchev–Trinajstić information content (AvgIpc) is 2.47. The topological polar surface area (TPSA) is 56.7 Å². The van der Waals surface area contributed by atoms with Crippen LogP contribution in [0.25, 0.3) is 10.9 Å². The first-order valence-electron chi connectivity index (χ1n) is 7.13. The summed E-state index contributed by atoms with van der Waals surface area (Å²) >= 11 is 0. The van der Waals surface area contributed by atoms with Gasteiger partial charge < -0.3 is 14.9 Å². The highest BCUT2D eigenvalue weighted by Crippen LogP contribution is 2.26. The van der Waals surface area contributed by atoms with Gasteiger partial charge in [0, 0.05) is 31.6 Å². The Labute approximate surface area is 123 Å². The van der Waals surface area contributed by atoms with Gasteiger partial charge in [0.25, 0.3) is 0 Å². The van der Waals surface area contributed by atoms with E-state index in [1.54, 1.807) is 6.07 Å². The van der Waals surface area contributed by atoms with E-state index in [9.17, 15) is 9.90 Å². The number of aryl methyl sites for hydroxylation is 1. The normalized spacial score (nSPS) is 16.4. The first kappa shape index (κ1) is 13.8. The van der Waals surface area contributed by atoms with Crippen LogP contribution in [0.4, 0.5) is 5.82 Å². The average molecular weight is 285 g/mol. The third kappa shape index (κ3) is 2.56. The van der Waals surface area contributed by atoms with Crippen molar-refractivity contribution in [2.75, 3.05) is 38.1 Å². The first-order chi connectivity index (χ1) is 10.1. The van der Waals surface area contributed by atoms with Crippen molar-refractivity contribution in [2.45, 2.75) is 6.92 Å². The summed E-state index contributed by atoms with van der Waals surface area (Å²) in [5, 5.41) is 10.4. The number of carboxylic acid groups (broad SMARTS) is 1. The van der Waals surface area contributed by atoms with Gasteiger partial charge in [0.1, 0.15) is 11.4 Å². The van der Waals surface area contributed by atoms with Crippen LogP contribution in [-0.4, -0.2) is 54.2 Å². The summed E-state index contributed by atoms with van der Waals surface area (Å²) in [5.74, 6) is -0.322. The number of para-hydroxylation sites is 1. The van der Waals surface area contributed by atoms with Gasteiger partial charge in [-0.1, -0.05) is 18.2 Å². The monoisotopic (exact) mass is 285 g/mol. The third-order valence-corrected chi connectivity index (χ3v) is 4.06. The molecular weight excluding hydrogens is 266 g/mol. The molecule has 1 aliphatic rings. The molecule has 1 aliphatic heterocycles. The van der Waals surface area contributed by atoms with Crippen molar-refractivity contribution >= 4 is 22.7 Å². The Kier molecular flexibility index (Phi) is 3.51. The molecule has 0 radical (unpaired) electrons. The molecule has 0 saturated carbocycles. The smallest absolute Gasteiger partial charge is 0.339 e. The molecule has 5 nitrogen and oxygen atoms in total. The van der Waals surface area contributed by atoms with Crippen LogP contribution in [0.5, 0.6) is 0 Å². The van der Waals surface area contributed by atoms with Crippen LogP contribution >= 0.6 is 0 Å². The number of benzene rings is 1. The van der Waals surface area contributed by atoms with Crippen molar-refractivity contribution in [3.8, 4) is 0 Å². The fourth-order valence-electron chi connectivity index (χ4n) is 2.75. The Morgan fingerprint density at radius 3 is 2.62 bits per heavy atom. The quantitative estimate of drug-likeness (QED) is 0.914. The molecule has 2 heterocycles. The molecule has 1 saturated heterocycles. The second-order valence-electron chi connectivity index (χ2n) is 5.60. The highest BCUT2D eigenvalue weighted by Gasteiger charge is 2.22. The van der Waals surface area contributed by atoms with Crippen molar-refractivity contribution in [3.63, 3.8) is 0 Å². The second-order valence-corrected chi connectivity index (χ2v) is 5.60. The number of likely N-dealkylation sites (N-methyl/N-ethyl adjacent to an activating group) is 1. The lowest BCUT2D eigenvalue weighted by Gasteiger charge is -2.34. The van der Waals surface area contributed by atoms with Crippen molar-refractivity contribution in [3.05, 3.63) is 35.4 Å². The number of carbonyl (C=O) groups is 1. The minimum absolute atomic E-state index is 0.289. The van der Waals surface area contributed by atoms with Gasteiger partial charge in [-0.2, -0.15) is 0 Å². The molecule has 0 aliphatic carbocycles. The molecule has 1 aromatic carbocycles. The zero-order valence-electron chi connectivity index (χ0n) is 12.3. The maximum absolute atomic E-state index is 11.6. The number of piperazine rings is 1. The van der Waals surface area contributed by atoms with E-state index in [0.717, 1.165) is 42.6 Å². The van der Waals surface area contributed by atoms with Crippen LogP contribution in [0, 0.1) is 6.92 Å². The summed E-state index contributed by atoms with van der Waals surface area (Å²) in [7, 11) is 2.08. The minimum Gasteiger partial charge on any atom is -0.478 e. The zero-order valence-corrected chi connectivity index (χ0v) is 12.3. The van der Waals surface area contributed by atoms with Crippen LogP contribution in [0.1, 0.15) is 15.9 Å². The number of aromatic carboxylic acids is 1. The van der Waals surface area contributed by atoms with Gasteiger partial charge >= 0.3 is 5.97 Å². The molecule has 3 rings (SSSR count). The number of rotatable bonds is 2. The van der Waals surface area contributed by atoms with Crippen molar-refractivity contribution in [1.29, 1.82) is 0 Å². The molecule has 1 N–H and O–H groups in total. The summed E-state index contributed by atoms with van der Waals surface area (Å²) in [6, 6.07) is 7.59. The highest BCUT2D eigenvalue weighted by atomic mass is 16.4. The molecule has 5 heteroatoms. The molecule has 110 valence electrons. The van der Waals surface area contributed by atoms with E-state index >= 15 is 0 Å². The van der Waals surface area contributed by atoms with Gasteiger partial charge in [0.15, 0.2) is 0 Å². The van der Waals surface area contributed by atoms with Gasteiger partial charge in [-0.3, -0.25) is 0 Å². The van der Waals surface area contributed by atoms with E-state index in [0.29, 0.717) is 5.82 Å². The van der Waals surface area contributed by atoms with Gasteiger partial charge in [-0.25, -0.2) is 9.78 Å². The number of nitrogens with zero attached hydrogens (tertiary/aromatic N) is 3. The van der Waals surface area contributed by atoms with Gasteiger partial charge in [-0.15, -0.1) is 0 Å². The number of aromatic nitrogens is 1. The summed E-state index contributed by atoms with van der Waals surface area (Å²) in [5.41, 5.74) is 2.24. The molecule has 0 unspecified atom stereocenters. The van der Waals surface area contributed by atoms with E-state index in [1.165, 1.54) is 0 Å². The maximum atomic E-state index is 11.6. The summed E-state index contributed by atoms with van der Waals surface area (Å²) in [6.45, 7) is 5.46. The molecule has 0 atom stereocenters. The number of anilines is 1. The summed E-state index contributed by atoms with van der Waals surface area (Å²) < 4.78 is 0. The SMILES string of the molecule is Cc1cccc2cc(C(=O)O)c(N3CCN(C)CC3)nc12. The maximum Gasteiger partial charge on any atom is 0.339 e. The fourth-order valence-corrected chi connectivity index (χ4v) is 2.75. The number of fused-ring (bicyclic) bond motifs is 1. The van der Waals surface area contributed by atoms with Crippen LogP contribution in [-0.2, 0) is 0 Å². The number of carboxylic acids is 1. The molecule has 0 bridgehead atoms. The molecule has 2 aromatic rings. The molecule has 21 heavy (non-hydrogen) atoms. The zero-order chi connectivity index (χ0) is 15.0. The number of hydrogen-bond acceptors (Lipinski definition) is 4. The lowest BCUT2D eigenvalue weighted by molar-refractivity contribution is 0.0697. The highest BCUT2D eigenvalue weighted by molar-refractivity contribution is 5.98. The lowest BCUT2D eigenvalue weighted by atomic mass is 10.1. The minimum atomic E-state index is -0.917. The fraction of sp³-hybridized carbons (Fsp3) is 0.375. The van der Waals surface area contributed by atoms with Crippen LogP contribution in [0.3, 0.4) is 0 Å². The van der Waals surface area contributed by atoms with E-state index < -0.39 is 5.97 Å². The van der Waals surface area contributed by atoms with Gasteiger partial charge in [-0.05, 0) is 25.6 Å². The lowest BCUT2D eigenvalue weighted by Crippen LogP contribution is -2.45. The largest absolute Gasteiger partial charge is 0.478 e. The predicted octanol–water partition coefficient (Wildman–Crippen LogP) is 1.99. The van der Waals surface area contributed by atoms with Crippen molar-refractivity contribution < 1.29 is 9.90 Å². The summed E-state index contributed by atoms with van der Waals surface area (Å²) in [4.78, 5) is 20.6. The van der Waals surface area contributed by atoms with Crippen LogP contribution in [0.2, 0.25) is 0 Å². The molecule has 0 spiro atoms. The van der Waals surface area contributed by atoms with Crippen molar-refractivity contribution in [1.82, 2.24) is 9.88 Å². The Bertz CT molecular complexity index is 691. The second kappa shape index (κ2) is 5.33.